The first-order chi connectivity index (χ1) is 14.7. The van der Waals surface area contributed by atoms with E-state index in [2.05, 4.69) is 140 Å². The molecule has 148 valence electrons. The summed E-state index contributed by atoms with van der Waals surface area (Å²) in [5.41, 5.74) is 7.13. The molecule has 5 rings (SSSR count). The zero-order valence-corrected chi connectivity index (χ0v) is 19.3. The minimum Gasteiger partial charge on any atom is -0.374 e. The molecule has 0 saturated heterocycles. The van der Waals surface area contributed by atoms with Crippen LogP contribution in [-0.4, -0.2) is 0 Å². The highest BCUT2D eigenvalue weighted by molar-refractivity contribution is 9.10. The molecule has 2 unspecified atom stereocenters. The first kappa shape index (κ1) is 19.4. The van der Waals surface area contributed by atoms with Gasteiger partial charge in [-0.15, -0.1) is 0 Å². The molecule has 4 heteroatoms. The Bertz CT molecular complexity index is 1080. The van der Waals surface area contributed by atoms with Crippen LogP contribution in [0.25, 0.3) is 0 Å². The molecule has 1 aliphatic heterocycles. The molecule has 2 N–H and O–H groups in total. The Morgan fingerprint density at radius 1 is 0.500 bits per heavy atom. The molecule has 4 aromatic carbocycles. The summed E-state index contributed by atoms with van der Waals surface area (Å²) in [6.45, 7) is 0. The van der Waals surface area contributed by atoms with Gasteiger partial charge in [-0.1, -0.05) is 92.5 Å². The molecule has 0 amide bonds. The lowest BCUT2D eigenvalue weighted by Crippen LogP contribution is -2.23. The third kappa shape index (κ3) is 3.78. The van der Waals surface area contributed by atoms with E-state index in [0.717, 1.165) is 20.3 Å². The van der Waals surface area contributed by atoms with Crippen LogP contribution < -0.4 is 10.6 Å². The van der Waals surface area contributed by atoms with E-state index in [9.17, 15) is 0 Å². The molecule has 0 aromatic heterocycles. The smallest absolute Gasteiger partial charge is 0.0788 e. The first-order valence-corrected chi connectivity index (χ1v) is 11.5. The van der Waals surface area contributed by atoms with Crippen LogP contribution in [0.5, 0.6) is 0 Å². The summed E-state index contributed by atoms with van der Waals surface area (Å²) in [5.74, 6) is 0. The lowest BCUT2D eigenvalue weighted by molar-refractivity contribution is 0.868. The predicted molar refractivity (Wildman–Crippen MR) is 132 cm³/mol. The monoisotopic (exact) mass is 518 g/mol. The second-order valence-electron chi connectivity index (χ2n) is 7.44. The fourth-order valence-corrected chi connectivity index (χ4v) is 4.85. The summed E-state index contributed by atoms with van der Waals surface area (Å²) in [7, 11) is 0. The van der Waals surface area contributed by atoms with Crippen molar-refractivity contribution >= 4 is 43.2 Å². The van der Waals surface area contributed by atoms with Gasteiger partial charge in [-0.2, -0.15) is 0 Å². The zero-order valence-electron chi connectivity index (χ0n) is 16.1. The maximum atomic E-state index is 3.84. The highest BCUT2D eigenvalue weighted by Gasteiger charge is 2.27. The van der Waals surface area contributed by atoms with Crippen LogP contribution in [0.2, 0.25) is 0 Å². The van der Waals surface area contributed by atoms with Gasteiger partial charge in [0.15, 0.2) is 0 Å². The lowest BCUT2D eigenvalue weighted by atomic mass is 9.91. The Morgan fingerprint density at radius 3 is 1.30 bits per heavy atom. The van der Waals surface area contributed by atoms with Gasteiger partial charge in [0.2, 0.25) is 0 Å². The van der Waals surface area contributed by atoms with Gasteiger partial charge in [0.1, 0.15) is 0 Å². The molecule has 0 radical (unpaired) electrons. The number of benzene rings is 4. The molecule has 4 aromatic rings. The second-order valence-corrected chi connectivity index (χ2v) is 9.27. The highest BCUT2D eigenvalue weighted by atomic mass is 79.9. The van der Waals surface area contributed by atoms with Gasteiger partial charge in [-0.25, -0.2) is 0 Å². The van der Waals surface area contributed by atoms with E-state index >= 15 is 0 Å². The topological polar surface area (TPSA) is 24.1 Å². The normalized spacial score (nSPS) is 17.5. The Kier molecular flexibility index (Phi) is 5.36. The Labute approximate surface area is 193 Å². The largest absolute Gasteiger partial charge is 0.374 e. The van der Waals surface area contributed by atoms with Gasteiger partial charge in [0, 0.05) is 31.4 Å². The maximum absolute atomic E-state index is 3.84. The van der Waals surface area contributed by atoms with E-state index in [-0.39, 0.29) is 12.1 Å². The van der Waals surface area contributed by atoms with E-state index in [1.165, 1.54) is 22.3 Å². The average molecular weight is 520 g/mol. The SMILES string of the molecule is Brc1ccc2c(c1)C(c1ccccc1)Nc1ccc(Br)cc1C(c1ccccc1)N2. The number of anilines is 2. The van der Waals surface area contributed by atoms with Crippen molar-refractivity contribution in [1.82, 2.24) is 0 Å². The standard InChI is InChI=1S/C26H20Br2N2/c27-19-11-13-23-21(15-19)25(17-7-3-1-4-8-17)29-24-14-12-20(28)16-22(24)26(30-23)18-9-5-2-6-10-18/h1-16,25-26,29-30H. The second kappa shape index (κ2) is 8.29. The summed E-state index contributed by atoms with van der Waals surface area (Å²) in [6, 6.07) is 34.2. The van der Waals surface area contributed by atoms with Gasteiger partial charge in [-0.05, 0) is 47.5 Å². The van der Waals surface area contributed by atoms with Crippen LogP contribution in [0, 0.1) is 0 Å². The number of hydrogen-bond donors (Lipinski definition) is 2. The molecule has 1 aliphatic rings. The van der Waals surface area contributed by atoms with Crippen LogP contribution in [-0.2, 0) is 0 Å². The minimum absolute atomic E-state index is 0.0304. The Morgan fingerprint density at radius 2 is 0.900 bits per heavy atom. The molecule has 0 spiro atoms. The Hall–Kier alpha value is -2.56. The van der Waals surface area contributed by atoms with Crippen molar-refractivity contribution in [3.8, 4) is 0 Å². The van der Waals surface area contributed by atoms with Crippen molar-refractivity contribution in [3.63, 3.8) is 0 Å². The number of hydrogen-bond acceptors (Lipinski definition) is 2. The molecule has 0 saturated carbocycles. The molecule has 1 heterocycles. The lowest BCUT2D eigenvalue weighted by Gasteiger charge is -2.33. The van der Waals surface area contributed by atoms with Crippen molar-refractivity contribution < 1.29 is 0 Å². The fourth-order valence-electron chi connectivity index (χ4n) is 4.09. The van der Waals surface area contributed by atoms with Crippen molar-refractivity contribution in [2.45, 2.75) is 12.1 Å². The van der Waals surface area contributed by atoms with Crippen molar-refractivity contribution in [2.24, 2.45) is 0 Å². The average Bonchev–Trinajstić information content (AvgIpc) is 2.77. The summed E-state index contributed by atoms with van der Waals surface area (Å²) < 4.78 is 2.14. The molecule has 2 atom stereocenters. The molecular weight excluding hydrogens is 500 g/mol. The van der Waals surface area contributed by atoms with E-state index in [1.807, 2.05) is 0 Å². The number of fused-ring (bicyclic) bond motifs is 2. The van der Waals surface area contributed by atoms with Gasteiger partial charge >= 0.3 is 0 Å². The van der Waals surface area contributed by atoms with Gasteiger partial charge in [0.05, 0.1) is 12.1 Å². The summed E-state index contributed by atoms with van der Waals surface area (Å²) in [4.78, 5) is 0. The molecule has 0 fully saturated rings. The summed E-state index contributed by atoms with van der Waals surface area (Å²) in [5, 5.41) is 7.69. The quantitative estimate of drug-likeness (QED) is 0.281. The van der Waals surface area contributed by atoms with E-state index < -0.39 is 0 Å². The first-order valence-electron chi connectivity index (χ1n) is 9.91. The van der Waals surface area contributed by atoms with Crippen molar-refractivity contribution in [1.29, 1.82) is 0 Å². The van der Waals surface area contributed by atoms with Crippen molar-refractivity contribution in [3.05, 3.63) is 128 Å². The molecule has 30 heavy (non-hydrogen) atoms. The zero-order chi connectivity index (χ0) is 20.5. The van der Waals surface area contributed by atoms with E-state index in [1.54, 1.807) is 0 Å². The maximum Gasteiger partial charge on any atom is 0.0788 e. The third-order valence-corrected chi connectivity index (χ3v) is 6.50. The van der Waals surface area contributed by atoms with Gasteiger partial charge in [0.25, 0.3) is 0 Å². The minimum atomic E-state index is 0.0304. The Balaban J connectivity index is 1.73. The van der Waals surface area contributed by atoms with Gasteiger partial charge < -0.3 is 10.6 Å². The number of halogens is 2. The third-order valence-electron chi connectivity index (χ3n) is 5.51. The highest BCUT2D eigenvalue weighted by Crippen LogP contribution is 2.42. The fraction of sp³-hybridized carbons (Fsp3) is 0.0769. The van der Waals surface area contributed by atoms with Gasteiger partial charge in [-0.3, -0.25) is 0 Å². The van der Waals surface area contributed by atoms with E-state index in [4.69, 9.17) is 0 Å². The van der Waals surface area contributed by atoms with E-state index in [0.29, 0.717) is 0 Å². The van der Waals surface area contributed by atoms with Crippen molar-refractivity contribution in [2.75, 3.05) is 10.6 Å². The molecular formula is C26H20Br2N2. The number of nitrogens with one attached hydrogen (secondary N) is 2. The van der Waals surface area contributed by atoms with Crippen LogP contribution in [0.1, 0.15) is 34.3 Å². The van der Waals surface area contributed by atoms with Crippen LogP contribution in [0.3, 0.4) is 0 Å². The van der Waals surface area contributed by atoms with Crippen LogP contribution >= 0.6 is 31.9 Å². The summed E-state index contributed by atoms with van der Waals surface area (Å²) in [6.07, 6.45) is 0. The molecule has 0 bridgehead atoms. The number of rotatable bonds is 2. The summed E-state index contributed by atoms with van der Waals surface area (Å²) >= 11 is 7.35. The molecule has 0 aliphatic carbocycles. The predicted octanol–water partition coefficient (Wildman–Crippen LogP) is 7.93. The van der Waals surface area contributed by atoms with Crippen LogP contribution in [0.4, 0.5) is 11.4 Å². The molecule has 2 nitrogen and oxygen atoms in total. The van der Waals surface area contributed by atoms with Crippen LogP contribution in [0.15, 0.2) is 106 Å².